The lowest BCUT2D eigenvalue weighted by Gasteiger charge is -2.14. The number of hydrogen-bond acceptors (Lipinski definition) is 0. The van der Waals surface area contributed by atoms with Gasteiger partial charge in [-0.05, 0) is 80.7 Å². The van der Waals surface area contributed by atoms with Crippen molar-refractivity contribution in [1.29, 1.82) is 0 Å². The van der Waals surface area contributed by atoms with Crippen molar-refractivity contribution < 1.29 is 35.6 Å². The fourth-order valence-corrected chi connectivity index (χ4v) is 5.90. The molecule has 0 spiro atoms. The molecule has 44 heavy (non-hydrogen) atoms. The van der Waals surface area contributed by atoms with Crippen LogP contribution in [-0.2, 0) is 0 Å². The molecule has 2 heterocycles. The Labute approximate surface area is 290 Å². The van der Waals surface area contributed by atoms with Crippen LogP contribution in [0.15, 0.2) is 157 Å². The second-order valence-electron chi connectivity index (χ2n) is 9.76. The van der Waals surface area contributed by atoms with Crippen molar-refractivity contribution in [2.45, 2.75) is 0 Å². The number of rotatable bonds is 2. The van der Waals surface area contributed by atoms with Crippen molar-refractivity contribution in [2.75, 3.05) is 0 Å². The number of hydrogen-bond donors (Lipinski definition) is 0. The zero-order chi connectivity index (χ0) is 51.4. The van der Waals surface area contributed by atoms with Crippen LogP contribution < -0.4 is 0 Å². The maximum atomic E-state index is 9.98. The van der Waals surface area contributed by atoms with E-state index in [1.54, 1.807) is 0 Å². The summed E-state index contributed by atoms with van der Waals surface area (Å²) in [5.41, 5.74) is -3.91. The Morgan fingerprint density at radius 1 is 0.295 bits per heavy atom. The van der Waals surface area contributed by atoms with E-state index >= 15 is 0 Å². The van der Waals surface area contributed by atoms with E-state index in [-0.39, 0.29) is 0 Å². The van der Waals surface area contributed by atoms with E-state index in [1.807, 2.05) is 0 Å². The molecular formula is C42H26N2. The van der Waals surface area contributed by atoms with Gasteiger partial charge in [0, 0.05) is 32.9 Å². The summed E-state index contributed by atoms with van der Waals surface area (Å²) in [6, 6.07) is -22.5. The van der Waals surface area contributed by atoms with Crippen molar-refractivity contribution in [2.24, 2.45) is 0 Å². The third kappa shape index (κ3) is 3.09. The Morgan fingerprint density at radius 2 is 0.705 bits per heavy atom. The molecule has 0 aliphatic carbocycles. The molecule has 0 radical (unpaired) electrons. The first-order valence-corrected chi connectivity index (χ1v) is 13.1. The number of para-hydroxylation sites is 3. The number of nitrogens with zero attached hydrogens (tertiary/aromatic N) is 2. The van der Waals surface area contributed by atoms with E-state index in [1.165, 1.54) is 0 Å². The second-order valence-corrected chi connectivity index (χ2v) is 9.76. The van der Waals surface area contributed by atoms with Gasteiger partial charge in [-0.25, -0.2) is 0 Å². The molecule has 0 fully saturated rings. The molecule has 0 amide bonds. The van der Waals surface area contributed by atoms with Crippen LogP contribution >= 0.6 is 0 Å². The van der Waals surface area contributed by atoms with E-state index in [2.05, 4.69) is 0 Å². The van der Waals surface area contributed by atoms with Gasteiger partial charge >= 0.3 is 0 Å². The third-order valence-electron chi connectivity index (χ3n) is 7.61. The zero-order valence-electron chi connectivity index (χ0n) is 47.9. The lowest BCUT2D eigenvalue weighted by Crippen LogP contribution is -1.95. The largest absolute Gasteiger partial charge is 0.309 e. The molecule has 0 bridgehead atoms. The molecule has 0 unspecified atom stereocenters. The molecule has 2 nitrogen and oxygen atoms in total. The van der Waals surface area contributed by atoms with Crippen molar-refractivity contribution in [1.82, 2.24) is 9.13 Å². The molecular weight excluding hydrogens is 532 g/mol. The van der Waals surface area contributed by atoms with E-state index < -0.39 is 244 Å². The molecule has 0 atom stereocenters. The van der Waals surface area contributed by atoms with Gasteiger partial charge in [0.15, 0.2) is 0 Å². The van der Waals surface area contributed by atoms with Crippen LogP contribution in [0, 0.1) is 0 Å². The van der Waals surface area contributed by atoms with E-state index in [4.69, 9.17) is 24.7 Å². The highest BCUT2D eigenvalue weighted by Gasteiger charge is 2.20. The van der Waals surface area contributed by atoms with Gasteiger partial charge in [-0.3, -0.25) is 0 Å². The van der Waals surface area contributed by atoms with Crippen LogP contribution in [-0.4, -0.2) is 9.13 Å². The summed E-state index contributed by atoms with van der Waals surface area (Å²) in [4.78, 5) is 0. The molecule has 0 saturated heterocycles. The SMILES string of the molecule is [2H]c1c([2H])c([2H])c(-n2c3c([2H])c([2H])c([2H])c([2H])c3c3c4c5c([2H])c([2H])c([2H])c([2H])c5n(-c5c([2H])c([2H])c6c7c([2H])c([2H])c([2H])c([2H])c7c7c([2H])c([2H])c([2H])c([2H])c7c6c5[2H])c4c([2H])c([2H])c32)c([2H])c1[2H]. The minimum atomic E-state index is -0.980. The van der Waals surface area contributed by atoms with Gasteiger partial charge in [0.05, 0.1) is 57.7 Å². The highest BCUT2D eigenvalue weighted by molar-refractivity contribution is 6.29. The molecule has 2 heteroatoms. The van der Waals surface area contributed by atoms with Gasteiger partial charge < -0.3 is 9.13 Å². The van der Waals surface area contributed by atoms with Gasteiger partial charge in [-0.15, -0.1) is 0 Å². The Kier molecular flexibility index (Phi) is 1.97. The molecule has 204 valence electrons. The second kappa shape index (κ2) is 8.82. The smallest absolute Gasteiger partial charge is 0.0652 e. The fourth-order valence-electron chi connectivity index (χ4n) is 5.90. The van der Waals surface area contributed by atoms with Crippen molar-refractivity contribution in [3.05, 3.63) is 157 Å². The molecule has 10 aromatic rings. The summed E-state index contributed by atoms with van der Waals surface area (Å²) in [5.74, 6) is 0. The predicted molar refractivity (Wildman–Crippen MR) is 188 cm³/mol. The van der Waals surface area contributed by atoms with Crippen molar-refractivity contribution in [3.8, 4) is 11.4 Å². The van der Waals surface area contributed by atoms with Crippen LogP contribution in [0.1, 0.15) is 35.6 Å². The van der Waals surface area contributed by atoms with Crippen LogP contribution in [0.2, 0.25) is 0 Å². The molecule has 0 saturated carbocycles. The lowest BCUT2D eigenvalue weighted by molar-refractivity contribution is 1.17. The van der Waals surface area contributed by atoms with Crippen LogP contribution in [0.4, 0.5) is 0 Å². The summed E-state index contributed by atoms with van der Waals surface area (Å²) in [7, 11) is 0. The standard InChI is InChI=1S/C42H26N2/c1-2-12-27(13-3-1)43-37-20-10-8-18-34(37)41-39(43)24-25-40-42(41)35-19-9-11-21-38(35)44(40)28-22-23-33-31-16-5-4-14-29(31)30-15-6-7-17-32(30)36(33)26-28/h1-26H/i1D,2D,3D,4D,5D,6D,7D,8D,9D,10D,11D,12D,13D,14D,15D,16D,17D,18D,19D,20D,21D,22D,23D,24D,25D,26D. The molecule has 8 aromatic carbocycles. The monoisotopic (exact) mass is 584 g/mol. The van der Waals surface area contributed by atoms with Crippen LogP contribution in [0.3, 0.4) is 0 Å². The van der Waals surface area contributed by atoms with E-state index in [9.17, 15) is 11.0 Å². The van der Waals surface area contributed by atoms with Crippen molar-refractivity contribution >= 4 is 75.9 Å². The van der Waals surface area contributed by atoms with Crippen molar-refractivity contribution in [3.63, 3.8) is 0 Å². The first-order valence-electron chi connectivity index (χ1n) is 26.1. The lowest BCUT2D eigenvalue weighted by atomic mass is 9.94. The highest BCUT2D eigenvalue weighted by Crippen LogP contribution is 2.43. The predicted octanol–water partition coefficient (Wildman–Crippen LogP) is 11.3. The fraction of sp³-hybridized carbons (Fsp3) is 0. The summed E-state index contributed by atoms with van der Waals surface area (Å²) in [6.45, 7) is 0. The molecule has 0 aliphatic rings. The van der Waals surface area contributed by atoms with Gasteiger partial charge in [0.25, 0.3) is 0 Å². The summed E-state index contributed by atoms with van der Waals surface area (Å²) in [5, 5.41) is -5.04. The Bertz CT molecular complexity index is 4170. The number of fused-ring (bicyclic) bond motifs is 13. The average molecular weight is 585 g/mol. The first kappa shape index (κ1) is 9.83. The van der Waals surface area contributed by atoms with Gasteiger partial charge in [0.1, 0.15) is 0 Å². The highest BCUT2D eigenvalue weighted by atomic mass is 15.0. The molecule has 0 N–H and O–H groups in total. The number of benzene rings is 8. The quantitative estimate of drug-likeness (QED) is 0.179. The Morgan fingerprint density at radius 3 is 1.25 bits per heavy atom. The van der Waals surface area contributed by atoms with Crippen LogP contribution in [0.5, 0.6) is 0 Å². The molecule has 2 aromatic heterocycles. The Hall–Kier alpha value is -5.86. The maximum absolute atomic E-state index is 9.98. The minimum absolute atomic E-state index is 0.454. The van der Waals surface area contributed by atoms with Gasteiger partial charge in [-0.1, -0.05) is 109 Å². The molecule has 10 rings (SSSR count). The number of aromatic nitrogens is 2. The zero-order valence-corrected chi connectivity index (χ0v) is 21.9. The van der Waals surface area contributed by atoms with E-state index in [0.717, 1.165) is 9.13 Å². The summed E-state index contributed by atoms with van der Waals surface area (Å²) in [6.07, 6.45) is 0. The Balaban J connectivity index is 1.58. The van der Waals surface area contributed by atoms with Crippen LogP contribution in [0.25, 0.3) is 87.3 Å². The average Bonchev–Trinajstić information content (AvgIpc) is 3.87. The van der Waals surface area contributed by atoms with Gasteiger partial charge in [0.2, 0.25) is 0 Å². The maximum Gasteiger partial charge on any atom is 0.0652 e. The first-order chi connectivity index (χ1) is 32.7. The van der Waals surface area contributed by atoms with E-state index in [0.29, 0.717) is 0 Å². The topological polar surface area (TPSA) is 9.86 Å². The normalized spacial score (nSPS) is 20.4. The summed E-state index contributed by atoms with van der Waals surface area (Å²) >= 11 is 0. The summed E-state index contributed by atoms with van der Waals surface area (Å²) < 4.78 is 235. The molecule has 0 aliphatic heterocycles. The minimum Gasteiger partial charge on any atom is -0.309 e. The van der Waals surface area contributed by atoms with Gasteiger partial charge in [-0.2, -0.15) is 0 Å². The third-order valence-corrected chi connectivity index (χ3v) is 7.61.